The Kier molecular flexibility index (Phi) is 3.09. The molecule has 2 rings (SSSR count). The van der Waals surface area contributed by atoms with Crippen LogP contribution in [0.25, 0.3) is 0 Å². The quantitative estimate of drug-likeness (QED) is 0.800. The van der Waals surface area contributed by atoms with E-state index >= 15 is 0 Å². The predicted octanol–water partition coefficient (Wildman–Crippen LogP) is 1.07. The maximum Gasteiger partial charge on any atom is 0.322 e. The van der Waals surface area contributed by atoms with Gasteiger partial charge in [-0.3, -0.25) is 10.1 Å². The molecule has 0 radical (unpaired) electrons. The van der Waals surface area contributed by atoms with Crippen LogP contribution in [0.15, 0.2) is 12.1 Å². The lowest BCUT2D eigenvalue weighted by Gasteiger charge is -2.24. The van der Waals surface area contributed by atoms with Gasteiger partial charge in [0.2, 0.25) is 0 Å². The molecule has 0 spiro atoms. The zero-order valence-electron chi connectivity index (χ0n) is 11.3. The summed E-state index contributed by atoms with van der Waals surface area (Å²) < 4.78 is 10.6. The van der Waals surface area contributed by atoms with Gasteiger partial charge >= 0.3 is 6.03 Å². The molecule has 6 nitrogen and oxygen atoms in total. The fourth-order valence-corrected chi connectivity index (χ4v) is 2.17. The third-order valence-electron chi connectivity index (χ3n) is 3.30. The molecule has 2 N–H and O–H groups in total. The van der Waals surface area contributed by atoms with Gasteiger partial charge in [0.15, 0.2) is 0 Å². The van der Waals surface area contributed by atoms with Crippen LogP contribution in [-0.2, 0) is 10.3 Å². The molecule has 1 aliphatic heterocycles. The van der Waals surface area contributed by atoms with E-state index in [1.54, 1.807) is 26.2 Å². The number of imide groups is 1. The largest absolute Gasteiger partial charge is 0.496 e. The lowest BCUT2D eigenvalue weighted by atomic mass is 9.90. The van der Waals surface area contributed by atoms with Crippen LogP contribution in [0.2, 0.25) is 0 Å². The minimum absolute atomic E-state index is 0.415. The normalized spacial score (nSPS) is 21.9. The monoisotopic (exact) mass is 264 g/mol. The molecule has 0 aromatic heterocycles. The molecule has 0 saturated carbocycles. The third kappa shape index (κ3) is 1.99. The number of nitrogens with one attached hydrogen (secondary N) is 2. The van der Waals surface area contributed by atoms with Crippen LogP contribution in [0.5, 0.6) is 11.5 Å². The van der Waals surface area contributed by atoms with Crippen molar-refractivity contribution in [2.75, 3.05) is 14.2 Å². The molecule has 6 heteroatoms. The number of amides is 3. The smallest absolute Gasteiger partial charge is 0.322 e. The Morgan fingerprint density at radius 1 is 1.11 bits per heavy atom. The summed E-state index contributed by atoms with van der Waals surface area (Å²) in [7, 11) is 3.07. The van der Waals surface area contributed by atoms with Crippen molar-refractivity contribution in [3.63, 3.8) is 0 Å². The van der Waals surface area contributed by atoms with Crippen molar-refractivity contribution >= 4 is 11.9 Å². The molecule has 1 aromatic rings. The molecule has 1 unspecified atom stereocenters. The zero-order valence-corrected chi connectivity index (χ0v) is 11.3. The van der Waals surface area contributed by atoms with Crippen LogP contribution in [0, 0.1) is 6.92 Å². The summed E-state index contributed by atoms with van der Waals surface area (Å²) in [5.74, 6) is 0.742. The molecule has 102 valence electrons. The number of ether oxygens (including phenoxy) is 2. The Balaban J connectivity index is 2.61. The molecule has 1 aliphatic rings. The molecule has 1 aromatic carbocycles. The number of carbonyl (C=O) groups excluding carboxylic acids is 2. The number of rotatable bonds is 3. The minimum atomic E-state index is -1.16. The van der Waals surface area contributed by atoms with E-state index in [1.165, 1.54) is 7.11 Å². The van der Waals surface area contributed by atoms with Gasteiger partial charge in [-0.25, -0.2) is 4.79 Å². The van der Waals surface area contributed by atoms with Crippen molar-refractivity contribution in [2.45, 2.75) is 19.4 Å². The zero-order chi connectivity index (χ0) is 14.2. The van der Waals surface area contributed by atoms with Crippen molar-refractivity contribution in [1.29, 1.82) is 0 Å². The number of hydrogen-bond acceptors (Lipinski definition) is 4. The summed E-state index contributed by atoms with van der Waals surface area (Å²) in [6.45, 7) is 3.50. The molecule has 1 atom stereocenters. The second kappa shape index (κ2) is 4.46. The first-order valence-corrected chi connectivity index (χ1v) is 5.79. The molecule has 0 bridgehead atoms. The van der Waals surface area contributed by atoms with Gasteiger partial charge < -0.3 is 14.8 Å². The summed E-state index contributed by atoms with van der Waals surface area (Å²) in [4.78, 5) is 23.3. The number of methoxy groups -OCH3 is 2. The van der Waals surface area contributed by atoms with Gasteiger partial charge in [0.05, 0.1) is 14.2 Å². The van der Waals surface area contributed by atoms with Crippen molar-refractivity contribution in [1.82, 2.24) is 10.6 Å². The molecule has 3 amide bonds. The second-order valence-corrected chi connectivity index (χ2v) is 4.56. The first-order chi connectivity index (χ1) is 8.92. The Bertz CT molecular complexity index is 556. The number of benzene rings is 1. The highest BCUT2D eigenvalue weighted by molar-refractivity contribution is 6.07. The van der Waals surface area contributed by atoms with E-state index in [9.17, 15) is 9.59 Å². The first-order valence-electron chi connectivity index (χ1n) is 5.79. The highest BCUT2D eigenvalue weighted by atomic mass is 16.5. The predicted molar refractivity (Wildman–Crippen MR) is 68.3 cm³/mol. The van der Waals surface area contributed by atoms with Crippen LogP contribution >= 0.6 is 0 Å². The Labute approximate surface area is 111 Å². The first kappa shape index (κ1) is 13.2. The van der Waals surface area contributed by atoms with Gasteiger partial charge in [-0.15, -0.1) is 0 Å². The standard InChI is InChI=1S/C13H16N2O4/c1-7-5-10(19-4)8(6-9(7)18-3)13(2)11(16)14-12(17)15-13/h5-6H,1-4H3,(H2,14,15,16,17). The Morgan fingerprint density at radius 2 is 1.74 bits per heavy atom. The van der Waals surface area contributed by atoms with Gasteiger partial charge in [0.1, 0.15) is 17.0 Å². The van der Waals surface area contributed by atoms with E-state index in [0.717, 1.165) is 5.56 Å². The number of urea groups is 1. The molecule has 19 heavy (non-hydrogen) atoms. The second-order valence-electron chi connectivity index (χ2n) is 4.56. The van der Waals surface area contributed by atoms with Crippen LogP contribution in [0.3, 0.4) is 0 Å². The van der Waals surface area contributed by atoms with Gasteiger partial charge in [-0.2, -0.15) is 0 Å². The summed E-state index contributed by atoms with van der Waals surface area (Å²) in [6.07, 6.45) is 0. The fourth-order valence-electron chi connectivity index (χ4n) is 2.17. The van der Waals surface area contributed by atoms with Crippen LogP contribution in [0.1, 0.15) is 18.1 Å². The number of aryl methyl sites for hydroxylation is 1. The average Bonchev–Trinajstić information content (AvgIpc) is 2.63. The Morgan fingerprint density at radius 3 is 2.21 bits per heavy atom. The maximum atomic E-state index is 12.0. The number of hydrogen-bond donors (Lipinski definition) is 2. The molecular formula is C13H16N2O4. The van der Waals surface area contributed by atoms with E-state index in [0.29, 0.717) is 17.1 Å². The third-order valence-corrected chi connectivity index (χ3v) is 3.30. The van der Waals surface area contributed by atoms with Gasteiger partial charge in [0.25, 0.3) is 5.91 Å². The summed E-state index contributed by atoms with van der Waals surface area (Å²) >= 11 is 0. The summed E-state index contributed by atoms with van der Waals surface area (Å²) in [6, 6.07) is 2.96. The topological polar surface area (TPSA) is 76.7 Å². The SMILES string of the molecule is COc1cc(C2(C)NC(=O)NC2=O)c(OC)cc1C. The molecule has 1 saturated heterocycles. The van der Waals surface area contributed by atoms with Crippen molar-refractivity contribution in [2.24, 2.45) is 0 Å². The fraction of sp³-hybridized carbons (Fsp3) is 0.385. The molecule has 1 fully saturated rings. The summed E-state index contributed by atoms with van der Waals surface area (Å²) in [5.41, 5.74) is 0.279. The van der Waals surface area contributed by atoms with Gasteiger partial charge in [-0.1, -0.05) is 0 Å². The van der Waals surface area contributed by atoms with E-state index < -0.39 is 17.5 Å². The van der Waals surface area contributed by atoms with E-state index in [4.69, 9.17) is 9.47 Å². The molecule has 0 aliphatic carbocycles. The summed E-state index contributed by atoms with van der Waals surface area (Å²) in [5, 5.41) is 4.83. The molecule has 1 heterocycles. The van der Waals surface area contributed by atoms with Gasteiger partial charge in [-0.05, 0) is 31.5 Å². The van der Waals surface area contributed by atoms with Crippen molar-refractivity contribution < 1.29 is 19.1 Å². The molecular weight excluding hydrogens is 248 g/mol. The lowest BCUT2D eigenvalue weighted by Crippen LogP contribution is -2.40. The van der Waals surface area contributed by atoms with Crippen molar-refractivity contribution in [3.05, 3.63) is 23.3 Å². The minimum Gasteiger partial charge on any atom is -0.496 e. The van der Waals surface area contributed by atoms with Crippen molar-refractivity contribution in [3.8, 4) is 11.5 Å². The maximum absolute atomic E-state index is 12.0. The van der Waals surface area contributed by atoms with Crippen LogP contribution < -0.4 is 20.1 Å². The average molecular weight is 264 g/mol. The van der Waals surface area contributed by atoms with Crippen LogP contribution in [0.4, 0.5) is 4.79 Å². The Hall–Kier alpha value is -2.24. The highest BCUT2D eigenvalue weighted by Gasteiger charge is 2.45. The van der Waals surface area contributed by atoms with E-state index in [-0.39, 0.29) is 0 Å². The number of carbonyl (C=O) groups is 2. The highest BCUT2D eigenvalue weighted by Crippen LogP contribution is 2.36. The van der Waals surface area contributed by atoms with E-state index in [2.05, 4.69) is 10.6 Å². The lowest BCUT2D eigenvalue weighted by molar-refractivity contribution is -0.123. The van der Waals surface area contributed by atoms with Crippen LogP contribution in [-0.4, -0.2) is 26.2 Å². The van der Waals surface area contributed by atoms with Gasteiger partial charge in [0, 0.05) is 5.56 Å². The van der Waals surface area contributed by atoms with E-state index in [1.807, 2.05) is 6.92 Å².